The number of aliphatic imine (C=N–C) groups is 1. The van der Waals surface area contributed by atoms with Crippen LogP contribution < -0.4 is 16.0 Å². The zero-order valence-electron chi connectivity index (χ0n) is 15.9. The SMILES string of the molecule is NC(=NCc1ccc(N2CCN(CC3CC3)CC2)cc1)NCC1CCC1. The van der Waals surface area contributed by atoms with Gasteiger partial charge in [0.25, 0.3) is 0 Å². The number of anilines is 1. The molecule has 0 amide bonds. The first-order valence-electron chi connectivity index (χ1n) is 10.4. The number of guanidine groups is 1. The van der Waals surface area contributed by atoms with E-state index in [0.717, 1.165) is 31.5 Å². The minimum absolute atomic E-state index is 0.577. The second kappa shape index (κ2) is 8.30. The number of nitrogens with one attached hydrogen (secondary N) is 1. The number of nitrogens with zero attached hydrogens (tertiary/aromatic N) is 3. The lowest BCUT2D eigenvalue weighted by Gasteiger charge is -2.36. The lowest BCUT2D eigenvalue weighted by Crippen LogP contribution is -2.47. The molecule has 0 atom stereocenters. The summed E-state index contributed by atoms with van der Waals surface area (Å²) in [7, 11) is 0. The first-order valence-corrected chi connectivity index (χ1v) is 10.4. The predicted octanol–water partition coefficient (Wildman–Crippen LogP) is 2.42. The van der Waals surface area contributed by atoms with E-state index in [2.05, 4.69) is 44.4 Å². The van der Waals surface area contributed by atoms with E-state index < -0.39 is 0 Å². The van der Waals surface area contributed by atoms with Crippen molar-refractivity contribution >= 4 is 11.6 Å². The van der Waals surface area contributed by atoms with E-state index in [-0.39, 0.29) is 0 Å². The third kappa shape index (κ3) is 4.91. The van der Waals surface area contributed by atoms with Crippen LogP contribution in [0.4, 0.5) is 5.69 Å². The van der Waals surface area contributed by atoms with Crippen LogP contribution in [-0.4, -0.2) is 50.1 Å². The number of benzene rings is 1. The Labute approximate surface area is 157 Å². The van der Waals surface area contributed by atoms with Crippen LogP contribution in [0.3, 0.4) is 0 Å². The Balaban J connectivity index is 1.21. The van der Waals surface area contributed by atoms with Gasteiger partial charge in [0.1, 0.15) is 0 Å². The molecule has 0 aromatic heterocycles. The fourth-order valence-electron chi connectivity index (χ4n) is 3.84. The first kappa shape index (κ1) is 17.7. The maximum absolute atomic E-state index is 5.97. The average molecular weight is 356 g/mol. The fraction of sp³-hybridized carbons (Fsp3) is 0.667. The summed E-state index contributed by atoms with van der Waals surface area (Å²) in [5.74, 6) is 2.37. The molecule has 0 unspecified atom stereocenters. The van der Waals surface area contributed by atoms with Gasteiger partial charge < -0.3 is 16.0 Å². The van der Waals surface area contributed by atoms with Crippen LogP contribution in [0, 0.1) is 11.8 Å². The Hall–Kier alpha value is -1.75. The molecular weight excluding hydrogens is 322 g/mol. The minimum atomic E-state index is 0.577. The van der Waals surface area contributed by atoms with Gasteiger partial charge in [-0.1, -0.05) is 18.6 Å². The van der Waals surface area contributed by atoms with Gasteiger partial charge in [-0.15, -0.1) is 0 Å². The van der Waals surface area contributed by atoms with E-state index in [0.29, 0.717) is 12.5 Å². The van der Waals surface area contributed by atoms with Crippen molar-refractivity contribution in [1.29, 1.82) is 0 Å². The van der Waals surface area contributed by atoms with Crippen molar-refractivity contribution in [1.82, 2.24) is 10.2 Å². The molecule has 3 fully saturated rings. The molecule has 4 rings (SSSR count). The molecule has 1 heterocycles. The number of rotatable bonds is 7. The highest BCUT2D eigenvalue weighted by Gasteiger charge is 2.26. The third-order valence-corrected chi connectivity index (χ3v) is 6.12. The summed E-state index contributed by atoms with van der Waals surface area (Å²) in [6.07, 6.45) is 6.92. The molecule has 5 nitrogen and oxygen atoms in total. The molecule has 1 saturated heterocycles. The van der Waals surface area contributed by atoms with Crippen molar-refractivity contribution in [3.8, 4) is 0 Å². The van der Waals surface area contributed by atoms with Gasteiger partial charge in [0.05, 0.1) is 6.54 Å². The van der Waals surface area contributed by atoms with Gasteiger partial charge in [-0.05, 0) is 55.2 Å². The Morgan fingerprint density at radius 1 is 1.00 bits per heavy atom. The monoisotopic (exact) mass is 355 g/mol. The first-order chi connectivity index (χ1) is 12.8. The molecule has 3 N–H and O–H groups in total. The lowest BCUT2D eigenvalue weighted by atomic mass is 9.85. The number of piperazine rings is 1. The summed E-state index contributed by atoms with van der Waals surface area (Å²) in [5.41, 5.74) is 8.52. The molecule has 2 aliphatic carbocycles. The summed E-state index contributed by atoms with van der Waals surface area (Å²) in [6, 6.07) is 8.85. The van der Waals surface area contributed by atoms with E-state index in [1.54, 1.807) is 0 Å². The molecule has 1 aliphatic heterocycles. The summed E-state index contributed by atoms with van der Waals surface area (Å²) in [5, 5.41) is 3.25. The fourth-order valence-corrected chi connectivity index (χ4v) is 3.84. The Kier molecular flexibility index (Phi) is 5.63. The highest BCUT2D eigenvalue weighted by atomic mass is 15.3. The molecule has 3 aliphatic rings. The van der Waals surface area contributed by atoms with Crippen LogP contribution >= 0.6 is 0 Å². The van der Waals surface area contributed by atoms with Gasteiger partial charge in [-0.3, -0.25) is 4.90 Å². The summed E-state index contributed by atoms with van der Waals surface area (Å²) < 4.78 is 0. The molecule has 0 bridgehead atoms. The second-order valence-corrected chi connectivity index (χ2v) is 8.28. The van der Waals surface area contributed by atoms with Gasteiger partial charge >= 0.3 is 0 Å². The smallest absolute Gasteiger partial charge is 0.188 e. The van der Waals surface area contributed by atoms with Gasteiger partial charge in [-0.2, -0.15) is 0 Å². The van der Waals surface area contributed by atoms with Crippen LogP contribution in [0.1, 0.15) is 37.7 Å². The van der Waals surface area contributed by atoms with Crippen LogP contribution in [-0.2, 0) is 6.54 Å². The standard InChI is InChI=1S/C21H33N5/c22-21(23-14-17-2-1-3-17)24-15-18-6-8-20(9-7-18)26-12-10-25(11-13-26)16-19-4-5-19/h6-9,17,19H,1-5,10-16H2,(H3,22,23,24). The number of nitrogens with two attached hydrogens (primary N) is 1. The van der Waals surface area contributed by atoms with Gasteiger partial charge in [0.15, 0.2) is 5.96 Å². The summed E-state index contributed by atoms with van der Waals surface area (Å²) >= 11 is 0. The van der Waals surface area contributed by atoms with E-state index >= 15 is 0 Å². The number of hydrogen-bond acceptors (Lipinski definition) is 3. The average Bonchev–Trinajstić information content (AvgIpc) is 3.44. The highest BCUT2D eigenvalue weighted by molar-refractivity contribution is 5.77. The maximum atomic E-state index is 5.97. The topological polar surface area (TPSA) is 56.9 Å². The van der Waals surface area contributed by atoms with E-state index in [4.69, 9.17) is 5.73 Å². The Morgan fingerprint density at radius 3 is 2.35 bits per heavy atom. The van der Waals surface area contributed by atoms with Crippen molar-refractivity contribution in [2.24, 2.45) is 22.6 Å². The highest BCUT2D eigenvalue weighted by Crippen LogP contribution is 2.30. The molecule has 2 saturated carbocycles. The van der Waals surface area contributed by atoms with Crippen molar-refractivity contribution in [2.75, 3.05) is 44.2 Å². The summed E-state index contributed by atoms with van der Waals surface area (Å²) in [6.45, 7) is 7.63. The van der Waals surface area contributed by atoms with Crippen LogP contribution in [0.5, 0.6) is 0 Å². The quantitative estimate of drug-likeness (QED) is 0.583. The molecule has 5 heteroatoms. The zero-order chi connectivity index (χ0) is 17.8. The van der Waals surface area contributed by atoms with Crippen molar-refractivity contribution in [3.63, 3.8) is 0 Å². The molecule has 26 heavy (non-hydrogen) atoms. The van der Waals surface area contributed by atoms with Gasteiger partial charge in [0, 0.05) is 45.0 Å². The van der Waals surface area contributed by atoms with Crippen LogP contribution in [0.15, 0.2) is 29.3 Å². The maximum Gasteiger partial charge on any atom is 0.188 e. The van der Waals surface area contributed by atoms with Crippen molar-refractivity contribution in [2.45, 2.75) is 38.6 Å². The molecule has 1 aromatic rings. The van der Waals surface area contributed by atoms with E-state index in [1.165, 1.54) is 63.0 Å². The summed E-state index contributed by atoms with van der Waals surface area (Å²) in [4.78, 5) is 9.61. The molecular formula is C21H33N5. The van der Waals surface area contributed by atoms with Crippen LogP contribution in [0.25, 0.3) is 0 Å². The van der Waals surface area contributed by atoms with Crippen LogP contribution in [0.2, 0.25) is 0 Å². The largest absolute Gasteiger partial charge is 0.370 e. The Bertz CT molecular complexity index is 595. The normalized spacial score (nSPS) is 22.3. The zero-order valence-corrected chi connectivity index (χ0v) is 15.9. The second-order valence-electron chi connectivity index (χ2n) is 8.28. The Morgan fingerprint density at radius 2 is 1.73 bits per heavy atom. The van der Waals surface area contributed by atoms with Crippen molar-refractivity contribution in [3.05, 3.63) is 29.8 Å². The van der Waals surface area contributed by atoms with Crippen molar-refractivity contribution < 1.29 is 0 Å². The van der Waals surface area contributed by atoms with E-state index in [9.17, 15) is 0 Å². The van der Waals surface area contributed by atoms with Gasteiger partial charge in [-0.25, -0.2) is 4.99 Å². The lowest BCUT2D eigenvalue weighted by molar-refractivity contribution is 0.248. The predicted molar refractivity (Wildman–Crippen MR) is 108 cm³/mol. The minimum Gasteiger partial charge on any atom is -0.370 e. The molecule has 1 aromatic carbocycles. The third-order valence-electron chi connectivity index (χ3n) is 6.12. The molecule has 0 spiro atoms. The molecule has 0 radical (unpaired) electrons. The van der Waals surface area contributed by atoms with E-state index in [1.807, 2.05) is 0 Å². The molecule has 142 valence electrons. The van der Waals surface area contributed by atoms with Gasteiger partial charge in [0.2, 0.25) is 0 Å². The number of hydrogen-bond donors (Lipinski definition) is 2.